The Morgan fingerprint density at radius 3 is 1.21 bits per heavy atom. The summed E-state index contributed by atoms with van der Waals surface area (Å²) >= 11 is 0. The van der Waals surface area contributed by atoms with Gasteiger partial charge in [0.1, 0.15) is 0 Å². The molecule has 82 valence electrons. The van der Waals surface area contributed by atoms with Crippen LogP contribution in [0.25, 0.3) is 0 Å². The average molecular weight is 240 g/mol. The van der Waals surface area contributed by atoms with Crippen LogP contribution in [0, 0.1) is 0 Å². The van der Waals surface area contributed by atoms with E-state index in [9.17, 15) is 9.13 Å². The maximum atomic E-state index is 10.9. The van der Waals surface area contributed by atoms with Crippen LogP contribution in [0.2, 0.25) is 0 Å². The quantitative estimate of drug-likeness (QED) is 0.724. The molecule has 0 aliphatic carbocycles. The summed E-state index contributed by atoms with van der Waals surface area (Å²) in [5, 5.41) is -1.37. The van der Waals surface area contributed by atoms with Crippen molar-refractivity contribution in [1.29, 1.82) is 0 Å². The van der Waals surface area contributed by atoms with Crippen LogP contribution in [0.4, 0.5) is 0 Å². The minimum Gasteiger partial charge on any atom is -0.160 e. The topological polar surface area (TPSA) is 74.6 Å². The molecule has 0 amide bonds. The van der Waals surface area contributed by atoms with Gasteiger partial charge in [0.25, 0.3) is 0 Å². The van der Waals surface area contributed by atoms with Gasteiger partial charge in [-0.25, -0.2) is 0 Å². The predicted octanol–water partition coefficient (Wildman–Crippen LogP) is 2.79. The standard InChI is InChI=1S/C8H16O4P2/c1-7(2,13(9)10)5-6-8(3,4)14(11)12/h5-6H2,1-4H3/p+2. The molecule has 0 radical (unpaired) electrons. The fraction of sp³-hybridized carbons (Fsp3) is 1.00. The van der Waals surface area contributed by atoms with Crippen LogP contribution < -0.4 is 0 Å². The molecule has 2 unspecified atom stereocenters. The lowest BCUT2D eigenvalue weighted by atomic mass is 9.99. The van der Waals surface area contributed by atoms with E-state index in [-0.39, 0.29) is 0 Å². The van der Waals surface area contributed by atoms with Crippen LogP contribution in [0.1, 0.15) is 40.5 Å². The predicted molar refractivity (Wildman–Crippen MR) is 57.0 cm³/mol. The third-order valence-electron chi connectivity index (χ3n) is 2.38. The van der Waals surface area contributed by atoms with Crippen molar-refractivity contribution < 1.29 is 18.9 Å². The van der Waals surface area contributed by atoms with Crippen molar-refractivity contribution in [3.8, 4) is 0 Å². The summed E-state index contributed by atoms with van der Waals surface area (Å²) in [5.41, 5.74) is 0. The molecular weight excluding hydrogens is 222 g/mol. The summed E-state index contributed by atoms with van der Waals surface area (Å²) in [7, 11) is -4.49. The van der Waals surface area contributed by atoms with Crippen molar-refractivity contribution in [1.82, 2.24) is 0 Å². The largest absolute Gasteiger partial charge is 0.511 e. The molecule has 0 aliphatic rings. The van der Waals surface area contributed by atoms with Crippen molar-refractivity contribution in [2.24, 2.45) is 0 Å². The van der Waals surface area contributed by atoms with Gasteiger partial charge in [0, 0.05) is 12.8 Å². The molecule has 0 aromatic carbocycles. The molecular formula is C8H18O4P2+2. The molecule has 0 spiro atoms. The second-order valence-electron chi connectivity index (χ2n) is 4.67. The Labute approximate surface area is 86.5 Å². The molecule has 6 heteroatoms. The molecule has 0 rings (SSSR count). The fourth-order valence-electron chi connectivity index (χ4n) is 0.803. The Balaban J connectivity index is 4.32. The number of hydrogen-bond acceptors (Lipinski definition) is 2. The third-order valence-corrected chi connectivity index (χ3v) is 4.90. The van der Waals surface area contributed by atoms with E-state index in [1.165, 1.54) is 0 Å². The number of rotatable bonds is 5. The van der Waals surface area contributed by atoms with Crippen LogP contribution in [-0.2, 0) is 9.13 Å². The first kappa shape index (κ1) is 14.1. The van der Waals surface area contributed by atoms with Gasteiger partial charge in [-0.15, -0.1) is 0 Å². The molecule has 0 aliphatic heterocycles. The normalized spacial score (nSPS) is 15.3. The van der Waals surface area contributed by atoms with Crippen LogP contribution in [0.5, 0.6) is 0 Å². The third kappa shape index (κ3) is 4.10. The van der Waals surface area contributed by atoms with Gasteiger partial charge < -0.3 is 0 Å². The zero-order valence-electron chi connectivity index (χ0n) is 9.02. The van der Waals surface area contributed by atoms with E-state index in [4.69, 9.17) is 9.79 Å². The van der Waals surface area contributed by atoms with Gasteiger partial charge in [-0.3, -0.25) is 0 Å². The van der Waals surface area contributed by atoms with Gasteiger partial charge in [0.05, 0.1) is 0 Å². The Bertz CT molecular complexity index is 222. The highest BCUT2D eigenvalue weighted by molar-refractivity contribution is 7.40. The highest BCUT2D eigenvalue weighted by Crippen LogP contribution is 2.44. The molecule has 0 bridgehead atoms. The minimum absolute atomic E-state index is 0.466. The second-order valence-corrected chi connectivity index (χ2v) is 8.18. The van der Waals surface area contributed by atoms with Gasteiger partial charge in [0.2, 0.25) is 0 Å². The molecule has 4 nitrogen and oxygen atoms in total. The summed E-state index contributed by atoms with van der Waals surface area (Å²) in [6, 6.07) is 0. The maximum absolute atomic E-state index is 10.9. The SMILES string of the molecule is CC(C)(CCC(C)(C)[P+](=O)O)[P+](=O)O. The minimum atomic E-state index is -2.24. The first-order valence-corrected chi connectivity index (χ1v) is 6.84. The van der Waals surface area contributed by atoms with E-state index in [0.717, 1.165) is 0 Å². The van der Waals surface area contributed by atoms with Crippen molar-refractivity contribution in [3.63, 3.8) is 0 Å². The van der Waals surface area contributed by atoms with E-state index >= 15 is 0 Å². The zero-order chi connectivity index (χ0) is 11.6. The molecule has 0 saturated carbocycles. The highest BCUT2D eigenvalue weighted by Gasteiger charge is 2.45. The van der Waals surface area contributed by atoms with Gasteiger partial charge in [-0.2, -0.15) is 9.79 Å². The van der Waals surface area contributed by atoms with E-state index in [0.29, 0.717) is 12.8 Å². The maximum Gasteiger partial charge on any atom is 0.511 e. The summed E-state index contributed by atoms with van der Waals surface area (Å²) in [4.78, 5) is 18.0. The molecule has 14 heavy (non-hydrogen) atoms. The molecule has 0 aromatic rings. The Morgan fingerprint density at radius 2 is 1.07 bits per heavy atom. The molecule has 0 heterocycles. The first-order chi connectivity index (χ1) is 6.09. The van der Waals surface area contributed by atoms with Gasteiger partial charge >= 0.3 is 16.1 Å². The Hall–Kier alpha value is 0.120. The van der Waals surface area contributed by atoms with Crippen molar-refractivity contribution in [2.75, 3.05) is 0 Å². The second kappa shape index (κ2) is 4.76. The average Bonchev–Trinajstić information content (AvgIpc) is 2.01. The highest BCUT2D eigenvalue weighted by atomic mass is 31.1. The molecule has 0 fully saturated rings. The van der Waals surface area contributed by atoms with Gasteiger partial charge in [-0.1, -0.05) is 0 Å². The Kier molecular flexibility index (Phi) is 4.80. The lowest BCUT2D eigenvalue weighted by Crippen LogP contribution is -2.22. The summed E-state index contributed by atoms with van der Waals surface area (Å²) in [5.74, 6) is 0. The van der Waals surface area contributed by atoms with Crippen molar-refractivity contribution in [3.05, 3.63) is 0 Å². The summed E-state index contributed by atoms with van der Waals surface area (Å²) < 4.78 is 21.8. The van der Waals surface area contributed by atoms with Crippen LogP contribution >= 0.6 is 16.1 Å². The number of hydrogen-bond donors (Lipinski definition) is 2. The van der Waals surface area contributed by atoms with Crippen LogP contribution in [-0.4, -0.2) is 20.1 Å². The first-order valence-electron chi connectivity index (χ1n) is 4.42. The summed E-state index contributed by atoms with van der Waals surface area (Å²) in [6.07, 6.45) is 0.931. The monoisotopic (exact) mass is 240 g/mol. The molecule has 0 saturated heterocycles. The van der Waals surface area contributed by atoms with Crippen molar-refractivity contribution in [2.45, 2.75) is 50.8 Å². The molecule has 2 atom stereocenters. The van der Waals surface area contributed by atoms with Crippen LogP contribution in [0.3, 0.4) is 0 Å². The van der Waals surface area contributed by atoms with Gasteiger partial charge in [-0.05, 0) is 36.8 Å². The van der Waals surface area contributed by atoms with E-state index in [2.05, 4.69) is 0 Å². The fourth-order valence-corrected chi connectivity index (χ4v) is 1.41. The Morgan fingerprint density at radius 1 is 0.857 bits per heavy atom. The van der Waals surface area contributed by atoms with Crippen molar-refractivity contribution >= 4 is 16.1 Å². The van der Waals surface area contributed by atoms with E-state index in [1.54, 1.807) is 27.7 Å². The molecule has 0 aromatic heterocycles. The van der Waals surface area contributed by atoms with Gasteiger partial charge in [0.15, 0.2) is 10.3 Å². The van der Waals surface area contributed by atoms with E-state index < -0.39 is 26.4 Å². The molecule has 2 N–H and O–H groups in total. The lowest BCUT2D eigenvalue weighted by molar-refractivity contribution is 0.413. The zero-order valence-corrected chi connectivity index (χ0v) is 10.8. The smallest absolute Gasteiger partial charge is 0.160 e. The summed E-state index contributed by atoms with van der Waals surface area (Å²) in [6.45, 7) is 6.75. The van der Waals surface area contributed by atoms with Crippen LogP contribution in [0.15, 0.2) is 0 Å². The lowest BCUT2D eigenvalue weighted by Gasteiger charge is -2.14. The van der Waals surface area contributed by atoms with E-state index in [1.807, 2.05) is 0 Å².